The number of Topliss-reactive ketones (excluding diaryl/α,β-unsaturated/α-hetero) is 1. The van der Waals surface area contributed by atoms with Gasteiger partial charge in [-0.05, 0) is 30.5 Å². The van der Waals surface area contributed by atoms with Gasteiger partial charge in [0.25, 0.3) is 5.79 Å². The zero-order chi connectivity index (χ0) is 21.2. The number of rotatable bonds is 6. The zero-order valence-corrected chi connectivity index (χ0v) is 17.4. The Bertz CT molecular complexity index is 898. The lowest BCUT2D eigenvalue weighted by Gasteiger charge is -2.41. The molecule has 0 amide bonds. The number of benzene rings is 2. The number of ketones is 1. The van der Waals surface area contributed by atoms with Crippen LogP contribution in [-0.2, 0) is 25.5 Å². The summed E-state index contributed by atoms with van der Waals surface area (Å²) >= 11 is 5.95. The molecule has 0 saturated carbocycles. The third-order valence-electron chi connectivity index (χ3n) is 5.04. The second-order valence-corrected chi connectivity index (χ2v) is 8.34. The average Bonchev–Trinajstić information content (AvgIpc) is 2.67. The molecular formula is C23H23ClO5. The minimum atomic E-state index is -1.60. The van der Waals surface area contributed by atoms with Gasteiger partial charge in [-0.3, -0.25) is 14.4 Å². The van der Waals surface area contributed by atoms with Crippen LogP contribution >= 0.6 is 11.6 Å². The van der Waals surface area contributed by atoms with E-state index in [4.69, 9.17) is 21.1 Å². The summed E-state index contributed by atoms with van der Waals surface area (Å²) in [6.45, 7) is 4.72. The molecule has 0 N–H and O–H groups in total. The molecule has 2 aromatic carbocycles. The van der Waals surface area contributed by atoms with Crippen molar-refractivity contribution < 1.29 is 23.9 Å². The van der Waals surface area contributed by atoms with Crippen LogP contribution in [0.25, 0.3) is 0 Å². The Kier molecular flexibility index (Phi) is 5.80. The van der Waals surface area contributed by atoms with E-state index in [1.807, 2.05) is 6.07 Å². The molecule has 0 bridgehead atoms. The van der Waals surface area contributed by atoms with Crippen molar-refractivity contribution in [3.8, 4) is 0 Å². The second kappa shape index (κ2) is 7.99. The zero-order valence-electron chi connectivity index (χ0n) is 16.6. The van der Waals surface area contributed by atoms with Crippen molar-refractivity contribution >= 4 is 29.3 Å². The molecule has 1 fully saturated rings. The molecule has 5 nitrogen and oxygen atoms in total. The highest BCUT2D eigenvalue weighted by molar-refractivity contribution is 6.30. The normalized spacial score (nSPS) is 18.5. The van der Waals surface area contributed by atoms with E-state index in [2.05, 4.69) is 0 Å². The third kappa shape index (κ3) is 4.51. The molecule has 29 heavy (non-hydrogen) atoms. The molecule has 152 valence electrons. The first-order chi connectivity index (χ1) is 13.6. The fourth-order valence-corrected chi connectivity index (χ4v) is 3.71. The maximum atomic E-state index is 13.0. The van der Waals surface area contributed by atoms with Gasteiger partial charge in [-0.15, -0.1) is 0 Å². The Morgan fingerprint density at radius 2 is 1.52 bits per heavy atom. The minimum Gasteiger partial charge on any atom is -0.422 e. The predicted molar refractivity (Wildman–Crippen MR) is 108 cm³/mol. The Labute approximate surface area is 175 Å². The van der Waals surface area contributed by atoms with Crippen LogP contribution in [0.15, 0.2) is 54.6 Å². The first-order valence-electron chi connectivity index (χ1n) is 9.43. The van der Waals surface area contributed by atoms with Gasteiger partial charge in [0.1, 0.15) is 0 Å². The van der Waals surface area contributed by atoms with Crippen LogP contribution in [0.1, 0.15) is 43.1 Å². The van der Waals surface area contributed by atoms with E-state index in [0.29, 0.717) is 10.6 Å². The van der Waals surface area contributed by atoms with E-state index in [-0.39, 0.29) is 18.6 Å². The highest BCUT2D eigenvalue weighted by atomic mass is 35.5. The van der Waals surface area contributed by atoms with Gasteiger partial charge >= 0.3 is 11.9 Å². The molecule has 0 aromatic heterocycles. The molecule has 1 atom stereocenters. The molecular weight excluding hydrogens is 392 g/mol. The molecule has 1 heterocycles. The maximum absolute atomic E-state index is 13.0. The maximum Gasteiger partial charge on any atom is 0.327 e. The number of carbonyl (C=O) groups is 3. The van der Waals surface area contributed by atoms with E-state index in [1.54, 1.807) is 55.5 Å². The van der Waals surface area contributed by atoms with Gasteiger partial charge in [0, 0.05) is 30.4 Å². The molecule has 1 saturated heterocycles. The number of cyclic esters (lactones) is 2. The number of carbonyl (C=O) groups excluding carboxylic acids is 3. The number of hydrogen-bond donors (Lipinski definition) is 0. The van der Waals surface area contributed by atoms with Crippen LogP contribution in [0.4, 0.5) is 0 Å². The van der Waals surface area contributed by atoms with Gasteiger partial charge < -0.3 is 9.47 Å². The fourth-order valence-electron chi connectivity index (χ4n) is 3.58. The average molecular weight is 415 g/mol. The summed E-state index contributed by atoms with van der Waals surface area (Å²) in [6.07, 6.45) is 0.0431. The van der Waals surface area contributed by atoms with Crippen molar-refractivity contribution in [2.24, 2.45) is 11.3 Å². The standard InChI is InChI=1S/C23H23ClO5/c1-15(19(25)17-7-5-4-6-8-17)13-23(14-16-9-11-18(24)12-10-16)20(26)28-22(2,3)29-21(23)27/h4-12,15H,13-14H2,1-3H3/t15-/m0/s1. The molecule has 0 aliphatic carbocycles. The number of esters is 2. The molecule has 0 unspecified atom stereocenters. The molecule has 0 spiro atoms. The Morgan fingerprint density at radius 3 is 2.07 bits per heavy atom. The highest BCUT2D eigenvalue weighted by Crippen LogP contribution is 2.41. The van der Waals surface area contributed by atoms with Gasteiger partial charge in [0.15, 0.2) is 11.2 Å². The largest absolute Gasteiger partial charge is 0.422 e. The van der Waals surface area contributed by atoms with E-state index in [9.17, 15) is 14.4 Å². The van der Waals surface area contributed by atoms with E-state index in [1.165, 1.54) is 13.8 Å². The molecule has 1 aliphatic rings. The summed E-state index contributed by atoms with van der Waals surface area (Å²) in [5.41, 5.74) is -0.352. The van der Waals surface area contributed by atoms with Crippen LogP contribution < -0.4 is 0 Å². The fraction of sp³-hybridized carbons (Fsp3) is 0.348. The monoisotopic (exact) mass is 414 g/mol. The van der Waals surface area contributed by atoms with E-state index in [0.717, 1.165) is 5.56 Å². The molecule has 2 aromatic rings. The molecule has 1 aliphatic heterocycles. The summed E-state index contributed by atoms with van der Waals surface area (Å²) in [4.78, 5) is 39.0. The van der Waals surface area contributed by atoms with Crippen molar-refractivity contribution in [2.75, 3.05) is 0 Å². The Hall–Kier alpha value is -2.66. The van der Waals surface area contributed by atoms with Crippen LogP contribution in [-0.4, -0.2) is 23.5 Å². The lowest BCUT2D eigenvalue weighted by molar-refractivity contribution is -0.252. The van der Waals surface area contributed by atoms with E-state index >= 15 is 0 Å². The molecule has 3 rings (SSSR count). The minimum absolute atomic E-state index is 0.0168. The lowest BCUT2D eigenvalue weighted by Crippen LogP contribution is -2.55. The van der Waals surface area contributed by atoms with Gasteiger partial charge in [-0.25, -0.2) is 0 Å². The topological polar surface area (TPSA) is 69.7 Å². The van der Waals surface area contributed by atoms with Crippen molar-refractivity contribution in [3.63, 3.8) is 0 Å². The van der Waals surface area contributed by atoms with Crippen molar-refractivity contribution in [3.05, 3.63) is 70.7 Å². The number of hydrogen-bond acceptors (Lipinski definition) is 5. The van der Waals surface area contributed by atoms with Crippen molar-refractivity contribution in [2.45, 2.75) is 39.4 Å². The summed E-state index contributed by atoms with van der Waals surface area (Å²) in [5, 5.41) is 0.547. The summed E-state index contributed by atoms with van der Waals surface area (Å²) in [7, 11) is 0. The number of ether oxygens (including phenoxy) is 2. The molecule has 0 radical (unpaired) electrons. The van der Waals surface area contributed by atoms with E-state index < -0.39 is 29.1 Å². The highest BCUT2D eigenvalue weighted by Gasteiger charge is 2.57. The summed E-state index contributed by atoms with van der Waals surface area (Å²) < 4.78 is 10.8. The Morgan fingerprint density at radius 1 is 0.966 bits per heavy atom. The summed E-state index contributed by atoms with van der Waals surface area (Å²) in [5.74, 6) is -3.44. The SMILES string of the molecule is C[C@@H](CC1(Cc2ccc(Cl)cc2)C(=O)OC(C)(C)OC1=O)C(=O)c1ccccc1. The second-order valence-electron chi connectivity index (χ2n) is 7.90. The quantitative estimate of drug-likeness (QED) is 0.392. The van der Waals surface area contributed by atoms with Gasteiger partial charge in [-0.2, -0.15) is 0 Å². The van der Waals surface area contributed by atoms with Crippen LogP contribution in [0.2, 0.25) is 5.02 Å². The van der Waals surface area contributed by atoms with Crippen LogP contribution in [0, 0.1) is 11.3 Å². The first kappa shape index (κ1) is 21.1. The molecule has 6 heteroatoms. The Balaban J connectivity index is 1.94. The van der Waals surface area contributed by atoms with Gasteiger partial charge in [-0.1, -0.05) is 61.0 Å². The van der Waals surface area contributed by atoms with Crippen LogP contribution in [0.3, 0.4) is 0 Å². The third-order valence-corrected chi connectivity index (χ3v) is 5.29. The lowest BCUT2D eigenvalue weighted by atomic mass is 9.73. The summed E-state index contributed by atoms with van der Waals surface area (Å²) in [6, 6.07) is 15.7. The van der Waals surface area contributed by atoms with Gasteiger partial charge in [0.05, 0.1) is 0 Å². The van der Waals surface area contributed by atoms with Gasteiger partial charge in [0.2, 0.25) is 0 Å². The van der Waals surface area contributed by atoms with Crippen molar-refractivity contribution in [1.29, 1.82) is 0 Å². The van der Waals surface area contributed by atoms with Crippen molar-refractivity contribution in [1.82, 2.24) is 0 Å². The predicted octanol–water partition coefficient (Wildman–Crippen LogP) is 4.61. The number of halogens is 1. The first-order valence-corrected chi connectivity index (χ1v) is 9.81. The smallest absolute Gasteiger partial charge is 0.327 e. The van der Waals surface area contributed by atoms with Crippen LogP contribution in [0.5, 0.6) is 0 Å².